The van der Waals surface area contributed by atoms with Crippen LogP contribution in [0.1, 0.15) is 25.3 Å². The number of benzene rings is 1. The van der Waals surface area contributed by atoms with E-state index in [9.17, 15) is 4.79 Å². The minimum atomic E-state index is -0.106. The fourth-order valence-electron chi connectivity index (χ4n) is 2.04. The number of Topliss-reactive ketones (excluding diaryl/α,β-unsaturated/α-hetero) is 1. The van der Waals surface area contributed by atoms with Crippen LogP contribution in [-0.4, -0.2) is 15.6 Å². The van der Waals surface area contributed by atoms with Gasteiger partial charge in [0.15, 0.2) is 0 Å². The number of carbonyl (C=O) groups excluding carboxylic acids is 1. The van der Waals surface area contributed by atoms with Gasteiger partial charge in [-0.3, -0.25) is 9.78 Å². The molecule has 18 heavy (non-hydrogen) atoms. The van der Waals surface area contributed by atoms with Gasteiger partial charge in [-0.2, -0.15) is 0 Å². The van der Waals surface area contributed by atoms with Gasteiger partial charge < -0.3 is 0 Å². The van der Waals surface area contributed by atoms with Crippen LogP contribution in [0.25, 0.3) is 10.9 Å². The van der Waals surface area contributed by atoms with Gasteiger partial charge in [-0.25, -0.2) is 0 Å². The van der Waals surface area contributed by atoms with Crippen molar-refractivity contribution in [2.45, 2.75) is 31.0 Å². The second kappa shape index (κ2) is 6.10. The molecule has 2 rings (SSSR count). The monoisotopic (exact) mass is 305 g/mol. The standard InChI is InChI=1S/C15H16BrNO/c1-2-5-14(18)13(16)10-12-7-3-6-11-8-4-9-17-15(11)12/h3-4,6-9,13H,2,5,10H2,1H3. The van der Waals surface area contributed by atoms with Crippen molar-refractivity contribution in [3.63, 3.8) is 0 Å². The van der Waals surface area contributed by atoms with Gasteiger partial charge in [0.2, 0.25) is 0 Å². The summed E-state index contributed by atoms with van der Waals surface area (Å²) >= 11 is 3.49. The zero-order valence-corrected chi connectivity index (χ0v) is 12.0. The van der Waals surface area contributed by atoms with E-state index in [1.807, 2.05) is 37.3 Å². The Morgan fingerprint density at radius 1 is 1.33 bits per heavy atom. The Bertz CT molecular complexity index is 548. The zero-order valence-electron chi connectivity index (χ0n) is 10.4. The van der Waals surface area contributed by atoms with Crippen LogP contribution in [-0.2, 0) is 11.2 Å². The Kier molecular flexibility index (Phi) is 4.48. The molecule has 0 aliphatic carbocycles. The molecular formula is C15H16BrNO. The van der Waals surface area contributed by atoms with Crippen molar-refractivity contribution in [1.82, 2.24) is 4.98 Å². The van der Waals surface area contributed by atoms with Crippen molar-refractivity contribution >= 4 is 32.6 Å². The average molecular weight is 306 g/mol. The van der Waals surface area contributed by atoms with Crippen molar-refractivity contribution in [3.8, 4) is 0 Å². The molecule has 0 fully saturated rings. The van der Waals surface area contributed by atoms with E-state index in [-0.39, 0.29) is 10.6 Å². The molecule has 2 nitrogen and oxygen atoms in total. The first-order valence-corrected chi connectivity index (χ1v) is 7.13. The lowest BCUT2D eigenvalue weighted by atomic mass is 10.0. The molecule has 0 spiro atoms. The Labute approximate surface area is 116 Å². The summed E-state index contributed by atoms with van der Waals surface area (Å²) in [4.78, 5) is 16.1. The molecule has 1 aromatic heterocycles. The van der Waals surface area contributed by atoms with Crippen molar-refractivity contribution in [3.05, 3.63) is 42.1 Å². The minimum absolute atomic E-state index is 0.106. The Morgan fingerprint density at radius 2 is 2.11 bits per heavy atom. The smallest absolute Gasteiger partial charge is 0.146 e. The highest BCUT2D eigenvalue weighted by Gasteiger charge is 2.15. The van der Waals surface area contributed by atoms with E-state index in [0.29, 0.717) is 12.8 Å². The number of para-hydroxylation sites is 1. The van der Waals surface area contributed by atoms with Crippen LogP contribution >= 0.6 is 15.9 Å². The first kappa shape index (κ1) is 13.2. The average Bonchev–Trinajstić information content (AvgIpc) is 2.39. The second-order valence-electron chi connectivity index (χ2n) is 4.38. The molecule has 2 aromatic rings. The second-order valence-corrected chi connectivity index (χ2v) is 5.49. The number of carbonyl (C=O) groups is 1. The number of aromatic nitrogens is 1. The number of halogens is 1. The van der Waals surface area contributed by atoms with Gasteiger partial charge in [0.25, 0.3) is 0 Å². The third-order valence-corrected chi connectivity index (χ3v) is 3.80. The topological polar surface area (TPSA) is 30.0 Å². The normalized spacial score (nSPS) is 12.6. The molecule has 0 saturated heterocycles. The predicted molar refractivity (Wildman–Crippen MR) is 78.1 cm³/mol. The quantitative estimate of drug-likeness (QED) is 0.784. The number of rotatable bonds is 5. The third kappa shape index (κ3) is 2.96. The van der Waals surface area contributed by atoms with Crippen LogP contribution in [0.2, 0.25) is 0 Å². The highest BCUT2D eigenvalue weighted by atomic mass is 79.9. The fraction of sp³-hybridized carbons (Fsp3) is 0.333. The first-order chi connectivity index (χ1) is 8.72. The van der Waals surface area contributed by atoms with Gasteiger partial charge in [0, 0.05) is 18.0 Å². The molecule has 0 N–H and O–H groups in total. The molecule has 1 aromatic carbocycles. The lowest BCUT2D eigenvalue weighted by Crippen LogP contribution is -2.16. The van der Waals surface area contributed by atoms with Crippen LogP contribution in [0.5, 0.6) is 0 Å². The lowest BCUT2D eigenvalue weighted by Gasteiger charge is -2.10. The van der Waals surface area contributed by atoms with Crippen LogP contribution < -0.4 is 0 Å². The summed E-state index contributed by atoms with van der Waals surface area (Å²) < 4.78 is 0. The van der Waals surface area contributed by atoms with Crippen molar-refractivity contribution in [2.24, 2.45) is 0 Å². The van der Waals surface area contributed by atoms with Gasteiger partial charge in [0.1, 0.15) is 5.78 Å². The number of hydrogen-bond acceptors (Lipinski definition) is 2. The van der Waals surface area contributed by atoms with E-state index < -0.39 is 0 Å². The van der Waals surface area contributed by atoms with E-state index >= 15 is 0 Å². The van der Waals surface area contributed by atoms with E-state index in [0.717, 1.165) is 22.9 Å². The molecular weight excluding hydrogens is 290 g/mol. The summed E-state index contributed by atoms with van der Waals surface area (Å²) in [5.74, 6) is 0.269. The summed E-state index contributed by atoms with van der Waals surface area (Å²) in [7, 11) is 0. The maximum Gasteiger partial charge on any atom is 0.146 e. The Balaban J connectivity index is 2.24. The van der Waals surface area contributed by atoms with E-state index in [2.05, 4.69) is 20.9 Å². The van der Waals surface area contributed by atoms with Crippen LogP contribution in [0.15, 0.2) is 36.5 Å². The van der Waals surface area contributed by atoms with Crippen LogP contribution in [0, 0.1) is 0 Å². The van der Waals surface area contributed by atoms with Crippen LogP contribution in [0.4, 0.5) is 0 Å². The molecule has 0 amide bonds. The fourth-order valence-corrected chi connectivity index (χ4v) is 2.62. The van der Waals surface area contributed by atoms with E-state index in [1.165, 1.54) is 0 Å². The summed E-state index contributed by atoms with van der Waals surface area (Å²) in [6.07, 6.45) is 4.03. The van der Waals surface area contributed by atoms with Gasteiger partial charge in [-0.15, -0.1) is 0 Å². The largest absolute Gasteiger partial charge is 0.298 e. The van der Waals surface area contributed by atoms with Crippen LogP contribution in [0.3, 0.4) is 0 Å². The summed E-state index contributed by atoms with van der Waals surface area (Å²) in [5, 5.41) is 1.12. The number of ketones is 1. The van der Waals surface area contributed by atoms with Crippen molar-refractivity contribution < 1.29 is 4.79 Å². The van der Waals surface area contributed by atoms with Gasteiger partial charge >= 0.3 is 0 Å². The molecule has 94 valence electrons. The number of fused-ring (bicyclic) bond motifs is 1. The first-order valence-electron chi connectivity index (χ1n) is 6.21. The third-order valence-electron chi connectivity index (χ3n) is 2.96. The number of alkyl halides is 1. The number of hydrogen-bond donors (Lipinski definition) is 0. The maximum absolute atomic E-state index is 11.8. The Hall–Kier alpha value is -1.22. The summed E-state index contributed by atoms with van der Waals surface area (Å²) in [6, 6.07) is 10.1. The highest BCUT2D eigenvalue weighted by molar-refractivity contribution is 9.10. The molecule has 3 heteroatoms. The van der Waals surface area contributed by atoms with Gasteiger partial charge in [0.05, 0.1) is 10.3 Å². The zero-order chi connectivity index (χ0) is 13.0. The molecule has 1 unspecified atom stereocenters. The molecule has 0 aliphatic rings. The molecule has 0 radical (unpaired) electrons. The number of nitrogens with zero attached hydrogens (tertiary/aromatic N) is 1. The number of pyridine rings is 1. The molecule has 0 aliphatic heterocycles. The SMILES string of the molecule is CCCC(=O)C(Br)Cc1cccc2cccnc12. The summed E-state index contributed by atoms with van der Waals surface area (Å²) in [6.45, 7) is 2.02. The Morgan fingerprint density at radius 3 is 2.89 bits per heavy atom. The maximum atomic E-state index is 11.8. The van der Waals surface area contributed by atoms with Crippen molar-refractivity contribution in [1.29, 1.82) is 0 Å². The summed E-state index contributed by atoms with van der Waals surface area (Å²) in [5.41, 5.74) is 2.12. The lowest BCUT2D eigenvalue weighted by molar-refractivity contribution is -0.118. The van der Waals surface area contributed by atoms with E-state index in [1.54, 1.807) is 6.20 Å². The van der Waals surface area contributed by atoms with Gasteiger partial charge in [-0.1, -0.05) is 47.1 Å². The van der Waals surface area contributed by atoms with E-state index in [4.69, 9.17) is 0 Å². The molecule has 0 bridgehead atoms. The highest BCUT2D eigenvalue weighted by Crippen LogP contribution is 2.20. The predicted octanol–water partition coefficient (Wildman–Crippen LogP) is 3.91. The molecule has 1 atom stereocenters. The molecule has 0 saturated carbocycles. The van der Waals surface area contributed by atoms with Crippen molar-refractivity contribution in [2.75, 3.05) is 0 Å². The minimum Gasteiger partial charge on any atom is -0.298 e. The van der Waals surface area contributed by atoms with Gasteiger partial charge in [-0.05, 0) is 24.5 Å². The molecule has 1 heterocycles.